The van der Waals surface area contributed by atoms with Gasteiger partial charge in [0.1, 0.15) is 36.0 Å². The molecule has 66 heavy (non-hydrogen) atoms. The van der Waals surface area contributed by atoms with Crippen molar-refractivity contribution in [3.63, 3.8) is 0 Å². The number of phenolic OH excluding ortho intramolecular Hbond substituents is 1. The Labute approximate surface area is 386 Å². The van der Waals surface area contributed by atoms with Crippen molar-refractivity contribution in [2.75, 3.05) is 26.7 Å². The number of amides is 7. The lowest BCUT2D eigenvalue weighted by Gasteiger charge is -2.33. The minimum atomic E-state index is -1.22. The van der Waals surface area contributed by atoms with Gasteiger partial charge in [0, 0.05) is 50.5 Å². The molecular formula is C49H67N9O8. The number of hydrogen-bond donors (Lipinski definition) is 9. The van der Waals surface area contributed by atoms with Crippen LogP contribution in [0.15, 0.2) is 85.1 Å². The van der Waals surface area contributed by atoms with E-state index in [0.29, 0.717) is 44.3 Å². The molecule has 4 aromatic rings. The lowest BCUT2D eigenvalue weighted by molar-refractivity contribution is -0.143. The van der Waals surface area contributed by atoms with Crippen LogP contribution in [0.2, 0.25) is 0 Å². The third-order valence-corrected chi connectivity index (χ3v) is 11.4. The van der Waals surface area contributed by atoms with Gasteiger partial charge in [-0.15, -0.1) is 0 Å². The van der Waals surface area contributed by atoms with E-state index in [9.17, 15) is 38.7 Å². The molecule has 17 nitrogen and oxygen atoms in total. The van der Waals surface area contributed by atoms with Gasteiger partial charge in [-0.1, -0.05) is 74.5 Å². The fraction of sp³-hybridized carbons (Fsp3) is 0.449. The number of benzene rings is 3. The molecule has 3 aromatic carbocycles. The van der Waals surface area contributed by atoms with E-state index in [1.54, 1.807) is 50.2 Å². The Bertz CT molecular complexity index is 2230. The first-order valence-electron chi connectivity index (χ1n) is 22.6. The van der Waals surface area contributed by atoms with Crippen molar-refractivity contribution in [3.8, 4) is 5.75 Å². The lowest BCUT2D eigenvalue weighted by atomic mass is 9.98. The highest BCUT2D eigenvalue weighted by molar-refractivity contribution is 5.97. The van der Waals surface area contributed by atoms with Crippen molar-refractivity contribution in [1.29, 1.82) is 0 Å². The van der Waals surface area contributed by atoms with Crippen LogP contribution in [0.3, 0.4) is 0 Å². The average Bonchev–Trinajstić information content (AvgIpc) is 3.68. The van der Waals surface area contributed by atoms with E-state index in [-0.39, 0.29) is 37.3 Å². The first-order valence-corrected chi connectivity index (χ1v) is 22.6. The van der Waals surface area contributed by atoms with E-state index in [1.165, 1.54) is 47.5 Å². The molecule has 5 atom stereocenters. The Morgan fingerprint density at radius 1 is 0.742 bits per heavy atom. The van der Waals surface area contributed by atoms with Gasteiger partial charge in [0.15, 0.2) is 0 Å². The second-order valence-corrected chi connectivity index (χ2v) is 17.0. The molecule has 17 heteroatoms. The van der Waals surface area contributed by atoms with Gasteiger partial charge >= 0.3 is 0 Å². The summed E-state index contributed by atoms with van der Waals surface area (Å²) in [5, 5.41) is 27.5. The van der Waals surface area contributed by atoms with Crippen LogP contribution in [0.25, 0.3) is 10.9 Å². The molecule has 1 aliphatic heterocycles. The Balaban J connectivity index is 0.000000828. The van der Waals surface area contributed by atoms with Crippen LogP contribution in [0.5, 0.6) is 5.75 Å². The van der Waals surface area contributed by atoms with Crippen molar-refractivity contribution in [2.24, 2.45) is 11.7 Å². The number of nitrogens with zero attached hydrogens (tertiary/aromatic N) is 1. The van der Waals surface area contributed by atoms with Crippen molar-refractivity contribution < 1.29 is 38.7 Å². The zero-order valence-corrected chi connectivity index (χ0v) is 38.7. The van der Waals surface area contributed by atoms with Crippen molar-refractivity contribution in [2.45, 2.75) is 109 Å². The number of phenols is 1. The maximum Gasteiger partial charge on any atom is 0.245 e. The second kappa shape index (κ2) is 26.3. The Hall–Kier alpha value is -6.75. The predicted octanol–water partition coefficient (Wildman–Crippen LogP) is 2.64. The van der Waals surface area contributed by atoms with Crippen LogP contribution < -0.4 is 37.6 Å². The SMILES string of the molecule is CC(=O)NCCCCC1C(=O)NC(Cc2ccc(O)cc2)C(=O)NCC(=O)NC(CCCCN)C(=O)NC(C(C)C)C(=O)NC(Cc2ccccc2)C(=O)N1C.Cc1c[nH]c2ccccc12. The summed E-state index contributed by atoms with van der Waals surface area (Å²) in [6.45, 7) is 7.17. The number of aryl methyl sites for hydroxylation is 1. The largest absolute Gasteiger partial charge is 0.508 e. The number of unbranched alkanes of at least 4 members (excludes halogenated alkanes) is 2. The number of aromatic nitrogens is 1. The van der Waals surface area contributed by atoms with Gasteiger partial charge in [-0.3, -0.25) is 33.6 Å². The number of rotatable bonds is 14. The topological polar surface area (TPSA) is 257 Å². The average molecular weight is 910 g/mol. The molecule has 1 fully saturated rings. The molecule has 356 valence electrons. The zero-order valence-electron chi connectivity index (χ0n) is 38.7. The van der Waals surface area contributed by atoms with Crippen LogP contribution >= 0.6 is 0 Å². The number of nitrogens with one attached hydrogen (secondary N) is 7. The molecule has 0 bridgehead atoms. The highest BCUT2D eigenvalue weighted by Crippen LogP contribution is 2.18. The maximum atomic E-state index is 14.5. The quantitative estimate of drug-likeness (QED) is 0.0842. The van der Waals surface area contributed by atoms with E-state index < -0.39 is 78.1 Å². The standard InChI is InChI=1S/C40H58N8O8.C9H9N/c1-25(2)35-39(55)46-32(23-27-12-6-5-7-13-27)40(56)48(4)33(15-9-11-21-42-26(3)49)38(54)45-31(22-28-16-18-29(50)19-17-28)36(52)43-24-34(51)44-30(37(53)47-35)14-8-10-20-41;1-7-6-10-9-5-3-2-4-8(7)9/h5-7,12-13,16-19,25,30-33,35,50H,8-11,14-15,20-24,41H2,1-4H3,(H,42,49)(H,43,52)(H,44,51)(H,45,54)(H,46,55)(H,47,53);2-6,10H,1H3. The van der Waals surface area contributed by atoms with E-state index in [4.69, 9.17) is 5.73 Å². The molecule has 1 saturated heterocycles. The third-order valence-electron chi connectivity index (χ3n) is 11.4. The van der Waals surface area contributed by atoms with Gasteiger partial charge in [0.05, 0.1) is 6.54 Å². The first-order chi connectivity index (χ1) is 31.6. The highest BCUT2D eigenvalue weighted by atomic mass is 16.3. The van der Waals surface area contributed by atoms with Crippen LogP contribution in [-0.4, -0.2) is 113 Å². The molecule has 0 aliphatic carbocycles. The highest BCUT2D eigenvalue weighted by Gasteiger charge is 2.37. The Morgan fingerprint density at radius 3 is 2.05 bits per heavy atom. The van der Waals surface area contributed by atoms with Crippen LogP contribution in [0.1, 0.15) is 76.0 Å². The van der Waals surface area contributed by atoms with Gasteiger partial charge < -0.3 is 52.6 Å². The molecule has 1 aromatic heterocycles. The summed E-state index contributed by atoms with van der Waals surface area (Å²) in [5.41, 5.74) is 9.54. The summed E-state index contributed by atoms with van der Waals surface area (Å²) in [4.78, 5) is 99.3. The second-order valence-electron chi connectivity index (χ2n) is 17.0. The summed E-state index contributed by atoms with van der Waals surface area (Å²) < 4.78 is 0. The number of nitrogens with two attached hydrogens (primary N) is 1. The summed E-state index contributed by atoms with van der Waals surface area (Å²) in [6, 6.07) is 17.7. The van der Waals surface area contributed by atoms with Crippen molar-refractivity contribution in [1.82, 2.24) is 41.8 Å². The number of aromatic amines is 1. The summed E-state index contributed by atoms with van der Waals surface area (Å²) in [7, 11) is 1.45. The molecule has 1 aliphatic rings. The lowest BCUT2D eigenvalue weighted by Crippen LogP contribution is -2.61. The Morgan fingerprint density at radius 2 is 1.38 bits per heavy atom. The van der Waals surface area contributed by atoms with Crippen LogP contribution in [-0.2, 0) is 46.4 Å². The molecule has 5 rings (SSSR count). The fourth-order valence-electron chi connectivity index (χ4n) is 7.59. The minimum absolute atomic E-state index is 0.00463. The number of carbonyl (C=O) groups is 7. The molecular weight excluding hydrogens is 843 g/mol. The Kier molecular flexibility index (Phi) is 20.6. The molecule has 0 radical (unpaired) electrons. The van der Waals surface area contributed by atoms with Crippen molar-refractivity contribution in [3.05, 3.63) is 102 Å². The molecule has 5 unspecified atom stereocenters. The van der Waals surface area contributed by atoms with E-state index >= 15 is 0 Å². The maximum absolute atomic E-state index is 14.5. The zero-order chi connectivity index (χ0) is 48.2. The molecule has 0 spiro atoms. The number of fused-ring (bicyclic) bond motifs is 1. The summed E-state index contributed by atoms with van der Waals surface area (Å²) >= 11 is 0. The van der Waals surface area contributed by atoms with Gasteiger partial charge in [0.2, 0.25) is 41.4 Å². The van der Waals surface area contributed by atoms with E-state index in [1.807, 2.05) is 18.3 Å². The van der Waals surface area contributed by atoms with Gasteiger partial charge in [-0.05, 0) is 92.8 Å². The number of carbonyl (C=O) groups excluding carboxylic acids is 7. The molecule has 2 heterocycles. The van der Waals surface area contributed by atoms with Crippen LogP contribution in [0, 0.1) is 12.8 Å². The number of H-pyrrole nitrogens is 1. The molecule has 10 N–H and O–H groups in total. The molecule has 7 amide bonds. The van der Waals surface area contributed by atoms with Gasteiger partial charge in [-0.2, -0.15) is 0 Å². The van der Waals surface area contributed by atoms with E-state index in [2.05, 4.69) is 62.0 Å². The minimum Gasteiger partial charge on any atom is -0.508 e. The predicted molar refractivity (Wildman–Crippen MR) is 253 cm³/mol. The number of aromatic hydroxyl groups is 1. The molecule has 0 saturated carbocycles. The number of hydrogen-bond acceptors (Lipinski definition) is 9. The van der Waals surface area contributed by atoms with Gasteiger partial charge in [0.25, 0.3) is 0 Å². The third kappa shape index (κ3) is 16.4. The smallest absolute Gasteiger partial charge is 0.245 e. The fourth-order valence-corrected chi connectivity index (χ4v) is 7.59. The van der Waals surface area contributed by atoms with Crippen LogP contribution in [0.4, 0.5) is 0 Å². The monoisotopic (exact) mass is 910 g/mol. The summed E-state index contributed by atoms with van der Waals surface area (Å²) in [5.74, 6) is -4.46. The number of para-hydroxylation sites is 1. The number of likely N-dealkylation sites (N-methyl/N-ethyl adjacent to an activating group) is 1. The van der Waals surface area contributed by atoms with Crippen molar-refractivity contribution >= 4 is 52.3 Å². The normalized spacial score (nSPS) is 20.2. The summed E-state index contributed by atoms with van der Waals surface area (Å²) in [6.07, 6.45) is 4.40. The van der Waals surface area contributed by atoms with Gasteiger partial charge in [-0.25, -0.2) is 0 Å². The van der Waals surface area contributed by atoms with E-state index in [0.717, 1.165) is 5.56 Å². The first kappa shape index (κ1) is 51.9.